The maximum Gasteiger partial charge on any atom is 0.183 e. The number of benzene rings is 2. The topological polar surface area (TPSA) is 29.5 Å². The van der Waals surface area contributed by atoms with Gasteiger partial charge in [-0.15, -0.1) is 11.7 Å². The van der Waals surface area contributed by atoms with Crippen molar-refractivity contribution in [3.8, 4) is 17.2 Å². The average Bonchev–Trinajstić information content (AvgIpc) is 2.33. The van der Waals surface area contributed by atoms with Gasteiger partial charge in [-0.3, -0.25) is 0 Å². The van der Waals surface area contributed by atoms with Crippen LogP contribution < -0.4 is 4.74 Å². The van der Waals surface area contributed by atoms with Crippen LogP contribution in [0.5, 0.6) is 17.2 Å². The van der Waals surface area contributed by atoms with Crippen molar-refractivity contribution in [1.82, 2.24) is 0 Å². The predicted octanol–water partition coefficient (Wildman–Crippen LogP) is 4.12. The third-order valence-electron chi connectivity index (χ3n) is 2.02. The molecular weight excluding hydrogens is 240 g/mol. The van der Waals surface area contributed by atoms with Gasteiger partial charge in [-0.25, -0.2) is 0 Å². The van der Waals surface area contributed by atoms with Crippen molar-refractivity contribution in [3.05, 3.63) is 48.5 Å². The molecule has 2 aromatic carbocycles. The third kappa shape index (κ3) is 2.46. The van der Waals surface area contributed by atoms with Crippen LogP contribution in [0.3, 0.4) is 0 Å². The molecule has 0 bridgehead atoms. The Labute approximate surface area is 103 Å². The zero-order valence-electron chi connectivity index (χ0n) is 8.33. The lowest BCUT2D eigenvalue weighted by Crippen LogP contribution is -1.86. The highest BCUT2D eigenvalue weighted by atomic mass is 33.1. The first kappa shape index (κ1) is 11.2. The predicted molar refractivity (Wildman–Crippen MR) is 69.5 cm³/mol. The molecule has 1 N–H and O–H groups in total. The van der Waals surface area contributed by atoms with Crippen molar-refractivity contribution in [2.45, 2.75) is 4.90 Å². The number of phenolic OH excluding ortho intramolecular Hbond substituents is 1. The molecule has 0 fully saturated rings. The van der Waals surface area contributed by atoms with Crippen LogP contribution in [0.1, 0.15) is 0 Å². The Kier molecular flexibility index (Phi) is 3.64. The fraction of sp³-hybridized carbons (Fsp3) is 0. The lowest BCUT2D eigenvalue weighted by atomic mass is 10.3. The van der Waals surface area contributed by atoms with Gasteiger partial charge in [0.1, 0.15) is 5.75 Å². The van der Waals surface area contributed by atoms with E-state index in [9.17, 15) is 5.11 Å². The van der Waals surface area contributed by atoms with Gasteiger partial charge in [0, 0.05) is 0 Å². The molecule has 0 radical (unpaired) electrons. The Bertz CT molecular complexity index is 472. The second-order valence-corrected chi connectivity index (χ2v) is 4.28. The standard InChI is InChI=1S/C12H10O2S2/c13-10-7-4-8-11(16-15)12(10)14-9-5-2-1-3-6-9/h1-8,13,15H. The van der Waals surface area contributed by atoms with Crippen LogP contribution in [0, 0.1) is 0 Å². The Morgan fingerprint density at radius 2 is 1.75 bits per heavy atom. The molecule has 0 unspecified atom stereocenters. The van der Waals surface area contributed by atoms with Gasteiger partial charge < -0.3 is 9.84 Å². The highest BCUT2D eigenvalue weighted by molar-refractivity contribution is 8.68. The van der Waals surface area contributed by atoms with Crippen LogP contribution in [0.25, 0.3) is 0 Å². The summed E-state index contributed by atoms with van der Waals surface area (Å²) in [6.45, 7) is 0. The third-order valence-corrected chi connectivity index (χ3v) is 3.13. The van der Waals surface area contributed by atoms with Gasteiger partial charge in [0.15, 0.2) is 11.5 Å². The monoisotopic (exact) mass is 250 g/mol. The highest BCUT2D eigenvalue weighted by Gasteiger charge is 2.09. The zero-order chi connectivity index (χ0) is 11.4. The minimum atomic E-state index is 0.114. The van der Waals surface area contributed by atoms with Gasteiger partial charge in [0.25, 0.3) is 0 Å². The second-order valence-electron chi connectivity index (χ2n) is 3.11. The van der Waals surface area contributed by atoms with Crippen molar-refractivity contribution >= 4 is 22.5 Å². The largest absolute Gasteiger partial charge is 0.504 e. The van der Waals surface area contributed by atoms with E-state index in [0.29, 0.717) is 11.5 Å². The van der Waals surface area contributed by atoms with E-state index in [4.69, 9.17) is 4.74 Å². The van der Waals surface area contributed by atoms with E-state index in [-0.39, 0.29) is 5.75 Å². The molecule has 2 nitrogen and oxygen atoms in total. The molecule has 2 rings (SSSR count). The molecule has 0 aliphatic carbocycles. The summed E-state index contributed by atoms with van der Waals surface area (Å²) in [7, 11) is 1.24. The van der Waals surface area contributed by atoms with E-state index < -0.39 is 0 Å². The number of rotatable bonds is 3. The minimum absolute atomic E-state index is 0.114. The molecule has 0 saturated carbocycles. The van der Waals surface area contributed by atoms with E-state index in [1.807, 2.05) is 36.4 Å². The van der Waals surface area contributed by atoms with Crippen molar-refractivity contribution in [3.63, 3.8) is 0 Å². The second kappa shape index (κ2) is 5.18. The zero-order valence-corrected chi connectivity index (χ0v) is 10.0. The Morgan fingerprint density at radius 3 is 2.44 bits per heavy atom. The number of para-hydroxylation sites is 2. The van der Waals surface area contributed by atoms with Gasteiger partial charge in [-0.05, 0) is 24.3 Å². The van der Waals surface area contributed by atoms with Gasteiger partial charge in [-0.2, -0.15) is 0 Å². The molecule has 0 saturated heterocycles. The van der Waals surface area contributed by atoms with Crippen molar-refractivity contribution < 1.29 is 9.84 Å². The van der Waals surface area contributed by atoms with Crippen LogP contribution in [-0.4, -0.2) is 5.11 Å². The summed E-state index contributed by atoms with van der Waals surface area (Å²) >= 11 is 4.12. The minimum Gasteiger partial charge on any atom is -0.504 e. The van der Waals surface area contributed by atoms with Gasteiger partial charge in [0.05, 0.1) is 4.90 Å². The Hall–Kier alpha value is -1.26. The Balaban J connectivity index is 2.34. The molecule has 82 valence electrons. The number of ether oxygens (including phenoxy) is 1. The van der Waals surface area contributed by atoms with Crippen LogP contribution in [0.4, 0.5) is 0 Å². The van der Waals surface area contributed by atoms with E-state index in [2.05, 4.69) is 11.7 Å². The van der Waals surface area contributed by atoms with E-state index in [0.717, 1.165) is 4.90 Å². The SMILES string of the molecule is Oc1cccc(SS)c1Oc1ccccc1. The fourth-order valence-electron chi connectivity index (χ4n) is 1.29. The van der Waals surface area contributed by atoms with Crippen molar-refractivity contribution in [2.24, 2.45) is 0 Å². The molecule has 0 amide bonds. The van der Waals surface area contributed by atoms with Crippen molar-refractivity contribution in [1.29, 1.82) is 0 Å². The molecule has 2 aromatic rings. The summed E-state index contributed by atoms with van der Waals surface area (Å²) in [4.78, 5) is 0.784. The summed E-state index contributed by atoms with van der Waals surface area (Å²) in [5, 5.41) is 9.71. The first-order valence-corrected chi connectivity index (χ1v) is 6.54. The first-order chi connectivity index (χ1) is 7.81. The average molecular weight is 250 g/mol. The maximum absolute atomic E-state index is 9.71. The molecule has 4 heteroatoms. The molecule has 16 heavy (non-hydrogen) atoms. The summed E-state index contributed by atoms with van der Waals surface area (Å²) in [6.07, 6.45) is 0. The molecule has 0 aliphatic heterocycles. The fourth-order valence-corrected chi connectivity index (χ4v) is 2.08. The van der Waals surface area contributed by atoms with Crippen LogP contribution >= 0.6 is 22.5 Å². The van der Waals surface area contributed by atoms with E-state index in [1.165, 1.54) is 10.8 Å². The summed E-state index contributed by atoms with van der Waals surface area (Å²) in [5.74, 6) is 1.24. The van der Waals surface area contributed by atoms with Crippen LogP contribution in [0.2, 0.25) is 0 Å². The normalized spacial score (nSPS) is 10.1. The van der Waals surface area contributed by atoms with E-state index in [1.54, 1.807) is 12.1 Å². The molecule has 0 atom stereocenters. The lowest BCUT2D eigenvalue weighted by Gasteiger charge is -2.10. The quantitative estimate of drug-likeness (QED) is 0.634. The Morgan fingerprint density at radius 1 is 1.00 bits per heavy atom. The number of phenols is 1. The van der Waals surface area contributed by atoms with Crippen LogP contribution in [0.15, 0.2) is 53.4 Å². The smallest absolute Gasteiger partial charge is 0.183 e. The molecule has 0 heterocycles. The molecular formula is C12H10O2S2. The molecule has 0 aromatic heterocycles. The van der Waals surface area contributed by atoms with E-state index >= 15 is 0 Å². The number of hydrogen-bond acceptors (Lipinski definition) is 4. The first-order valence-electron chi connectivity index (χ1n) is 4.67. The van der Waals surface area contributed by atoms with Crippen molar-refractivity contribution in [2.75, 3.05) is 0 Å². The molecule has 0 spiro atoms. The van der Waals surface area contributed by atoms with Gasteiger partial charge >= 0.3 is 0 Å². The number of thiol groups is 1. The maximum atomic E-state index is 9.71. The summed E-state index contributed by atoms with van der Waals surface area (Å²) < 4.78 is 5.61. The lowest BCUT2D eigenvalue weighted by molar-refractivity contribution is 0.403. The number of hydrogen-bond donors (Lipinski definition) is 2. The summed E-state index contributed by atoms with van der Waals surface area (Å²) in [5.41, 5.74) is 0. The van der Waals surface area contributed by atoms with Gasteiger partial charge in [-0.1, -0.05) is 35.1 Å². The molecule has 0 aliphatic rings. The highest BCUT2D eigenvalue weighted by Crippen LogP contribution is 2.40. The number of aromatic hydroxyl groups is 1. The van der Waals surface area contributed by atoms with Crippen LogP contribution in [-0.2, 0) is 0 Å². The van der Waals surface area contributed by atoms with Gasteiger partial charge in [0.2, 0.25) is 0 Å². The summed E-state index contributed by atoms with van der Waals surface area (Å²) in [6, 6.07) is 14.5.